The highest BCUT2D eigenvalue weighted by molar-refractivity contribution is 7.92. The van der Waals surface area contributed by atoms with E-state index in [9.17, 15) is 13.2 Å². The Morgan fingerprint density at radius 2 is 1.71 bits per heavy atom. The molecule has 0 spiro atoms. The maximum atomic E-state index is 12.4. The molecule has 0 bridgehead atoms. The predicted octanol–water partition coefficient (Wildman–Crippen LogP) is 3.75. The van der Waals surface area contributed by atoms with E-state index >= 15 is 0 Å². The zero-order valence-electron chi connectivity index (χ0n) is 20.0. The van der Waals surface area contributed by atoms with Gasteiger partial charge in [0.05, 0.1) is 25.3 Å². The molecule has 0 aliphatic heterocycles. The number of hydrogen-bond acceptors (Lipinski definition) is 6. The zero-order chi connectivity index (χ0) is 25.3. The van der Waals surface area contributed by atoms with Gasteiger partial charge in [0, 0.05) is 0 Å². The van der Waals surface area contributed by atoms with Crippen LogP contribution in [0.5, 0.6) is 11.5 Å². The number of ether oxygens (including phenoxy) is 2. The summed E-state index contributed by atoms with van der Waals surface area (Å²) < 4.78 is 36.8. The minimum Gasteiger partial charge on any atom is -0.493 e. The van der Waals surface area contributed by atoms with Gasteiger partial charge in [-0.3, -0.25) is 9.10 Å². The second kappa shape index (κ2) is 12.0. The summed E-state index contributed by atoms with van der Waals surface area (Å²) in [4.78, 5) is 12.4. The van der Waals surface area contributed by atoms with Crippen LogP contribution >= 0.6 is 0 Å². The summed E-state index contributed by atoms with van der Waals surface area (Å²) in [5, 5.41) is 3.95. The molecule has 3 rings (SSSR count). The third-order valence-electron chi connectivity index (χ3n) is 5.15. The van der Waals surface area contributed by atoms with E-state index < -0.39 is 22.5 Å². The summed E-state index contributed by atoms with van der Waals surface area (Å²) in [6.07, 6.45) is 3.34. The lowest BCUT2D eigenvalue weighted by Crippen LogP contribution is -2.39. The van der Waals surface area contributed by atoms with E-state index in [1.807, 2.05) is 49.4 Å². The Labute approximate surface area is 206 Å². The first kappa shape index (κ1) is 25.8. The normalized spacial score (nSPS) is 11.3. The average Bonchev–Trinajstić information content (AvgIpc) is 2.86. The summed E-state index contributed by atoms with van der Waals surface area (Å²) in [5.41, 5.74) is 5.57. The number of carbonyl (C=O) groups is 1. The Hall–Kier alpha value is -3.85. The molecule has 1 N–H and O–H groups in total. The molecule has 0 aromatic heterocycles. The lowest BCUT2D eigenvalue weighted by molar-refractivity contribution is -0.119. The smallest absolute Gasteiger partial charge is 0.260 e. The number of rotatable bonds is 11. The molecule has 0 fully saturated rings. The molecule has 0 aliphatic carbocycles. The van der Waals surface area contributed by atoms with Crippen molar-refractivity contribution < 1.29 is 22.7 Å². The Balaban J connectivity index is 1.62. The maximum absolute atomic E-state index is 12.4. The second-order valence-corrected chi connectivity index (χ2v) is 9.67. The number of anilines is 1. The molecule has 0 atom stereocenters. The van der Waals surface area contributed by atoms with Gasteiger partial charge < -0.3 is 9.47 Å². The van der Waals surface area contributed by atoms with Gasteiger partial charge in [-0.1, -0.05) is 49.4 Å². The zero-order valence-corrected chi connectivity index (χ0v) is 20.8. The van der Waals surface area contributed by atoms with Crippen molar-refractivity contribution >= 4 is 27.8 Å². The number of carbonyl (C=O) groups excluding carboxylic acids is 1. The van der Waals surface area contributed by atoms with Crippen LogP contribution in [-0.4, -0.2) is 40.4 Å². The molecule has 8 nitrogen and oxygen atoms in total. The summed E-state index contributed by atoms with van der Waals surface area (Å²) in [5.74, 6) is 0.534. The van der Waals surface area contributed by atoms with Gasteiger partial charge >= 0.3 is 0 Å². The molecule has 9 heteroatoms. The van der Waals surface area contributed by atoms with Crippen LogP contribution in [0.2, 0.25) is 0 Å². The standard InChI is InChI=1S/C26H29N3O5S/c1-4-20-10-13-23(14-11-20)29(35(3,31)32)18-26(30)28-27-17-22-12-15-24(25(16-22)33-2)34-19-21-8-6-5-7-9-21/h5-17H,4,18-19H2,1-3H3,(H,28,30)/b27-17-. The van der Waals surface area contributed by atoms with E-state index in [0.29, 0.717) is 29.4 Å². The monoisotopic (exact) mass is 495 g/mol. The van der Waals surface area contributed by atoms with Crippen molar-refractivity contribution in [3.8, 4) is 11.5 Å². The highest BCUT2D eigenvalue weighted by Crippen LogP contribution is 2.28. The minimum absolute atomic E-state index is 0.392. The fraction of sp³-hybridized carbons (Fsp3) is 0.231. The van der Waals surface area contributed by atoms with Crippen LogP contribution in [0.25, 0.3) is 0 Å². The minimum atomic E-state index is -3.66. The fourth-order valence-corrected chi connectivity index (χ4v) is 4.12. The Bertz CT molecular complexity index is 1260. The topological polar surface area (TPSA) is 97.3 Å². The molecule has 0 unspecified atom stereocenters. The number of nitrogens with one attached hydrogen (secondary N) is 1. The quantitative estimate of drug-likeness (QED) is 0.323. The van der Waals surface area contributed by atoms with Gasteiger partial charge in [0.15, 0.2) is 11.5 Å². The summed E-state index contributed by atoms with van der Waals surface area (Å²) in [7, 11) is -2.12. The SMILES string of the molecule is CCc1ccc(N(CC(=O)N/N=C\c2ccc(OCc3ccccc3)c(OC)c2)S(C)(=O)=O)cc1. The van der Waals surface area contributed by atoms with Gasteiger partial charge in [-0.25, -0.2) is 13.8 Å². The van der Waals surface area contributed by atoms with Crippen molar-refractivity contribution in [3.05, 3.63) is 89.5 Å². The van der Waals surface area contributed by atoms with Crippen molar-refractivity contribution in [2.75, 3.05) is 24.2 Å². The van der Waals surface area contributed by atoms with Gasteiger partial charge in [-0.05, 0) is 53.4 Å². The van der Waals surface area contributed by atoms with Crippen LogP contribution in [0.15, 0.2) is 77.9 Å². The fourth-order valence-electron chi connectivity index (χ4n) is 3.26. The van der Waals surface area contributed by atoms with Crippen LogP contribution in [0.4, 0.5) is 5.69 Å². The Morgan fingerprint density at radius 1 is 1.00 bits per heavy atom. The lowest BCUT2D eigenvalue weighted by Gasteiger charge is -2.21. The number of methoxy groups -OCH3 is 1. The van der Waals surface area contributed by atoms with Crippen molar-refractivity contribution in [1.82, 2.24) is 5.43 Å². The van der Waals surface area contributed by atoms with Crippen molar-refractivity contribution in [1.29, 1.82) is 0 Å². The van der Waals surface area contributed by atoms with E-state index in [0.717, 1.165) is 28.1 Å². The van der Waals surface area contributed by atoms with Crippen molar-refractivity contribution in [2.24, 2.45) is 5.10 Å². The first-order chi connectivity index (χ1) is 16.8. The number of nitrogens with zero attached hydrogens (tertiary/aromatic N) is 2. The van der Waals surface area contributed by atoms with Crippen molar-refractivity contribution in [2.45, 2.75) is 20.0 Å². The summed E-state index contributed by atoms with van der Waals surface area (Å²) in [6.45, 7) is 2.02. The molecular formula is C26H29N3O5S. The number of sulfonamides is 1. The van der Waals surface area contributed by atoms with Gasteiger partial charge in [-0.2, -0.15) is 5.10 Å². The number of aryl methyl sites for hydroxylation is 1. The van der Waals surface area contributed by atoms with Crippen LogP contribution in [0, 0.1) is 0 Å². The molecule has 3 aromatic rings. The summed E-state index contributed by atoms with van der Waals surface area (Å²) >= 11 is 0. The van der Waals surface area contributed by atoms with E-state index in [1.54, 1.807) is 37.4 Å². The van der Waals surface area contributed by atoms with Crippen LogP contribution < -0.4 is 19.2 Å². The van der Waals surface area contributed by atoms with Crippen LogP contribution in [0.3, 0.4) is 0 Å². The molecule has 1 amide bonds. The van der Waals surface area contributed by atoms with E-state index in [1.165, 1.54) is 6.21 Å². The van der Waals surface area contributed by atoms with Crippen LogP contribution in [0.1, 0.15) is 23.6 Å². The first-order valence-electron chi connectivity index (χ1n) is 11.0. The molecule has 0 aliphatic rings. The number of benzene rings is 3. The molecular weight excluding hydrogens is 466 g/mol. The van der Waals surface area contributed by atoms with E-state index in [4.69, 9.17) is 9.47 Å². The van der Waals surface area contributed by atoms with E-state index in [-0.39, 0.29) is 0 Å². The largest absolute Gasteiger partial charge is 0.493 e. The molecule has 0 saturated heterocycles. The highest BCUT2D eigenvalue weighted by atomic mass is 32.2. The number of hydrogen-bond donors (Lipinski definition) is 1. The Morgan fingerprint density at radius 3 is 2.34 bits per heavy atom. The second-order valence-electron chi connectivity index (χ2n) is 7.77. The Kier molecular flexibility index (Phi) is 8.86. The number of amides is 1. The van der Waals surface area contributed by atoms with Crippen molar-refractivity contribution in [3.63, 3.8) is 0 Å². The number of hydrazone groups is 1. The molecule has 0 radical (unpaired) electrons. The van der Waals surface area contributed by atoms with Gasteiger partial charge in [-0.15, -0.1) is 0 Å². The molecule has 0 heterocycles. The molecule has 35 heavy (non-hydrogen) atoms. The third kappa shape index (κ3) is 7.58. The van der Waals surface area contributed by atoms with Gasteiger partial charge in [0.2, 0.25) is 10.0 Å². The van der Waals surface area contributed by atoms with Crippen LogP contribution in [-0.2, 0) is 27.8 Å². The maximum Gasteiger partial charge on any atom is 0.260 e. The van der Waals surface area contributed by atoms with Gasteiger partial charge in [0.25, 0.3) is 5.91 Å². The van der Waals surface area contributed by atoms with Gasteiger partial charge in [0.1, 0.15) is 13.2 Å². The first-order valence-corrected chi connectivity index (χ1v) is 12.9. The highest BCUT2D eigenvalue weighted by Gasteiger charge is 2.20. The summed E-state index contributed by atoms with van der Waals surface area (Å²) in [6, 6.07) is 22.1. The third-order valence-corrected chi connectivity index (χ3v) is 6.29. The van der Waals surface area contributed by atoms with E-state index in [2.05, 4.69) is 10.5 Å². The molecule has 3 aromatic carbocycles. The lowest BCUT2D eigenvalue weighted by atomic mass is 10.1. The molecule has 0 saturated carbocycles. The predicted molar refractivity (Wildman–Crippen MR) is 138 cm³/mol. The average molecular weight is 496 g/mol. The molecule has 184 valence electrons.